The van der Waals surface area contributed by atoms with Gasteiger partial charge in [0.15, 0.2) is 0 Å². The molecule has 8 nitrogen and oxygen atoms in total. The minimum Gasteiger partial charge on any atom is -0.353 e. The number of anilines is 1. The molecule has 1 fully saturated rings. The molecule has 4 amide bonds. The van der Waals surface area contributed by atoms with E-state index in [1.807, 2.05) is 0 Å². The number of piperazine rings is 1. The van der Waals surface area contributed by atoms with Gasteiger partial charge in [0.1, 0.15) is 5.82 Å². The quantitative estimate of drug-likeness (QED) is 0.496. The number of halogens is 1. The maximum absolute atomic E-state index is 13.9. The van der Waals surface area contributed by atoms with Gasteiger partial charge in [0.05, 0.1) is 12.1 Å². The summed E-state index contributed by atoms with van der Waals surface area (Å²) in [6.07, 6.45) is 0. The molecule has 0 bridgehead atoms. The number of hydrogen-bond acceptors (Lipinski definition) is 4. The van der Waals surface area contributed by atoms with E-state index in [4.69, 9.17) is 0 Å². The second kappa shape index (κ2) is 10.8. The zero-order chi connectivity index (χ0) is 25.7. The van der Waals surface area contributed by atoms with Crippen LogP contribution in [0.2, 0.25) is 0 Å². The molecular formula is C27H25FN4O4. The number of aryl methyl sites for hydroxylation is 1. The standard InChI is InChI=1S/C27H25FN4O4/c1-17-6-9-20(14-23(17)31-26(35)21-4-2-3-5-22(21)28)25(34)30-15-18-7-10-19(11-8-18)27(36)32-13-12-29-24(33)16-32/h2-11,14H,12-13,15-16H2,1H3,(H,29,33)(H,30,34)(H,31,35). The smallest absolute Gasteiger partial charge is 0.258 e. The minimum absolute atomic E-state index is 0.0376. The molecule has 3 aromatic carbocycles. The summed E-state index contributed by atoms with van der Waals surface area (Å²) >= 11 is 0. The SMILES string of the molecule is Cc1ccc(C(=O)NCc2ccc(C(=O)N3CCNC(=O)C3)cc2)cc1NC(=O)c1ccccc1F. The van der Waals surface area contributed by atoms with Crippen LogP contribution in [0.1, 0.15) is 42.2 Å². The first kappa shape index (κ1) is 24.6. The lowest BCUT2D eigenvalue weighted by Gasteiger charge is -2.26. The number of carbonyl (C=O) groups is 4. The van der Waals surface area contributed by atoms with E-state index in [0.29, 0.717) is 29.9 Å². The number of carbonyl (C=O) groups excluding carboxylic acids is 4. The van der Waals surface area contributed by atoms with E-state index in [2.05, 4.69) is 16.0 Å². The third-order valence-corrected chi connectivity index (χ3v) is 5.85. The number of nitrogens with zero attached hydrogens (tertiary/aromatic N) is 1. The maximum atomic E-state index is 13.9. The normalized spacial score (nSPS) is 13.1. The molecule has 36 heavy (non-hydrogen) atoms. The van der Waals surface area contributed by atoms with Gasteiger partial charge in [-0.25, -0.2) is 4.39 Å². The molecule has 9 heteroatoms. The molecule has 0 atom stereocenters. The van der Waals surface area contributed by atoms with Gasteiger partial charge in [0.2, 0.25) is 5.91 Å². The highest BCUT2D eigenvalue weighted by atomic mass is 19.1. The molecule has 184 valence electrons. The Balaban J connectivity index is 1.37. The van der Waals surface area contributed by atoms with Crippen molar-refractivity contribution in [2.75, 3.05) is 25.0 Å². The highest BCUT2D eigenvalue weighted by molar-refractivity contribution is 6.05. The lowest BCUT2D eigenvalue weighted by atomic mass is 10.1. The molecule has 1 aliphatic heterocycles. The third kappa shape index (κ3) is 5.75. The average Bonchev–Trinajstić information content (AvgIpc) is 2.88. The van der Waals surface area contributed by atoms with Crippen LogP contribution >= 0.6 is 0 Å². The fraction of sp³-hybridized carbons (Fsp3) is 0.185. The van der Waals surface area contributed by atoms with E-state index in [9.17, 15) is 23.6 Å². The van der Waals surface area contributed by atoms with Crippen molar-refractivity contribution in [3.05, 3.63) is 100 Å². The topological polar surface area (TPSA) is 108 Å². The Morgan fingerprint density at radius 2 is 1.69 bits per heavy atom. The minimum atomic E-state index is -0.629. The Morgan fingerprint density at radius 3 is 2.42 bits per heavy atom. The fourth-order valence-corrected chi connectivity index (χ4v) is 3.78. The van der Waals surface area contributed by atoms with Gasteiger partial charge in [-0.1, -0.05) is 30.3 Å². The molecule has 0 radical (unpaired) electrons. The largest absolute Gasteiger partial charge is 0.353 e. The van der Waals surface area contributed by atoms with Crippen LogP contribution in [0.15, 0.2) is 66.7 Å². The predicted molar refractivity (Wildman–Crippen MR) is 132 cm³/mol. The number of amides is 4. The van der Waals surface area contributed by atoms with Crippen molar-refractivity contribution in [2.24, 2.45) is 0 Å². The first-order chi connectivity index (χ1) is 17.3. The molecule has 0 unspecified atom stereocenters. The number of hydrogen-bond donors (Lipinski definition) is 3. The molecular weight excluding hydrogens is 463 g/mol. The number of rotatable bonds is 6. The van der Waals surface area contributed by atoms with Crippen molar-refractivity contribution in [1.82, 2.24) is 15.5 Å². The van der Waals surface area contributed by atoms with Gasteiger partial charge in [-0.2, -0.15) is 0 Å². The fourth-order valence-electron chi connectivity index (χ4n) is 3.78. The molecule has 0 saturated carbocycles. The first-order valence-electron chi connectivity index (χ1n) is 11.4. The molecule has 1 aliphatic rings. The lowest BCUT2D eigenvalue weighted by molar-refractivity contribution is -0.123. The summed E-state index contributed by atoms with van der Waals surface area (Å²) in [6.45, 7) is 2.93. The van der Waals surface area contributed by atoms with Crippen LogP contribution in [0.3, 0.4) is 0 Å². The number of nitrogens with one attached hydrogen (secondary N) is 3. The second-order valence-corrected chi connectivity index (χ2v) is 8.42. The summed E-state index contributed by atoms with van der Waals surface area (Å²) in [7, 11) is 0. The van der Waals surface area contributed by atoms with E-state index >= 15 is 0 Å². The van der Waals surface area contributed by atoms with Gasteiger partial charge < -0.3 is 20.9 Å². The Hall–Kier alpha value is -4.53. The maximum Gasteiger partial charge on any atom is 0.258 e. The molecule has 0 aliphatic carbocycles. The third-order valence-electron chi connectivity index (χ3n) is 5.85. The summed E-state index contributed by atoms with van der Waals surface area (Å²) < 4.78 is 13.9. The van der Waals surface area contributed by atoms with E-state index in [1.54, 1.807) is 55.5 Å². The van der Waals surface area contributed by atoms with E-state index in [0.717, 1.165) is 11.1 Å². The molecule has 1 heterocycles. The van der Waals surface area contributed by atoms with Crippen molar-refractivity contribution in [3.63, 3.8) is 0 Å². The van der Waals surface area contributed by atoms with E-state index < -0.39 is 11.7 Å². The summed E-state index contributed by atoms with van der Waals surface area (Å²) in [5, 5.41) is 8.16. The lowest BCUT2D eigenvalue weighted by Crippen LogP contribution is -2.49. The van der Waals surface area contributed by atoms with Crippen molar-refractivity contribution >= 4 is 29.3 Å². The van der Waals surface area contributed by atoms with Gasteiger partial charge in [0, 0.05) is 36.4 Å². The van der Waals surface area contributed by atoms with Crippen molar-refractivity contribution in [1.29, 1.82) is 0 Å². The van der Waals surface area contributed by atoms with Crippen LogP contribution in [0.5, 0.6) is 0 Å². The van der Waals surface area contributed by atoms with Crippen LogP contribution in [-0.4, -0.2) is 48.2 Å². The van der Waals surface area contributed by atoms with Gasteiger partial charge in [-0.05, 0) is 54.4 Å². The zero-order valence-corrected chi connectivity index (χ0v) is 19.6. The van der Waals surface area contributed by atoms with Crippen LogP contribution in [0.4, 0.5) is 10.1 Å². The molecule has 0 spiro atoms. The molecule has 0 aromatic heterocycles. The molecule has 3 aromatic rings. The van der Waals surface area contributed by atoms with Gasteiger partial charge in [0.25, 0.3) is 17.7 Å². The highest BCUT2D eigenvalue weighted by Gasteiger charge is 2.22. The zero-order valence-electron chi connectivity index (χ0n) is 19.6. The Kier molecular flexibility index (Phi) is 7.39. The van der Waals surface area contributed by atoms with Gasteiger partial charge in [-0.3, -0.25) is 19.2 Å². The van der Waals surface area contributed by atoms with Crippen molar-refractivity contribution < 1.29 is 23.6 Å². The summed E-state index contributed by atoms with van der Waals surface area (Å²) in [6, 6.07) is 17.4. The Morgan fingerprint density at radius 1 is 0.972 bits per heavy atom. The predicted octanol–water partition coefficient (Wildman–Crippen LogP) is 2.89. The average molecular weight is 489 g/mol. The highest BCUT2D eigenvalue weighted by Crippen LogP contribution is 2.19. The van der Waals surface area contributed by atoms with Gasteiger partial charge in [-0.15, -0.1) is 0 Å². The van der Waals surface area contributed by atoms with E-state index in [1.165, 1.54) is 23.1 Å². The summed E-state index contributed by atoms with van der Waals surface area (Å²) in [5.41, 5.74) is 2.63. The van der Waals surface area contributed by atoms with Crippen LogP contribution in [-0.2, 0) is 11.3 Å². The van der Waals surface area contributed by atoms with Gasteiger partial charge >= 0.3 is 0 Å². The van der Waals surface area contributed by atoms with Crippen LogP contribution in [0, 0.1) is 12.7 Å². The van der Waals surface area contributed by atoms with Crippen LogP contribution < -0.4 is 16.0 Å². The number of benzene rings is 3. The second-order valence-electron chi connectivity index (χ2n) is 8.42. The summed E-state index contributed by atoms with van der Waals surface area (Å²) in [4.78, 5) is 50.8. The molecule has 1 saturated heterocycles. The Labute approximate surface area is 207 Å². The monoisotopic (exact) mass is 488 g/mol. The van der Waals surface area contributed by atoms with E-state index in [-0.39, 0.29) is 36.4 Å². The molecule has 3 N–H and O–H groups in total. The van der Waals surface area contributed by atoms with Crippen molar-refractivity contribution in [2.45, 2.75) is 13.5 Å². The van der Waals surface area contributed by atoms with Crippen molar-refractivity contribution in [3.8, 4) is 0 Å². The van der Waals surface area contributed by atoms with Crippen LogP contribution in [0.25, 0.3) is 0 Å². The Bertz CT molecular complexity index is 1320. The summed E-state index contributed by atoms with van der Waals surface area (Å²) in [5.74, 6) is -1.98. The first-order valence-corrected chi connectivity index (χ1v) is 11.4. The molecule has 4 rings (SSSR count).